The number of likely N-dealkylation sites (N-methyl/N-ethyl adjacent to an activating group) is 1. The van der Waals surface area contributed by atoms with Crippen molar-refractivity contribution in [2.45, 2.75) is 51.1 Å². The highest BCUT2D eigenvalue weighted by molar-refractivity contribution is 4.94. The predicted octanol–water partition coefficient (Wildman–Crippen LogP) is 1.86. The highest BCUT2D eigenvalue weighted by Crippen LogP contribution is 2.39. The van der Waals surface area contributed by atoms with Gasteiger partial charge in [0.1, 0.15) is 0 Å². The topological polar surface area (TPSA) is 38.5 Å². The molecule has 3 atom stereocenters. The first-order valence-corrected chi connectivity index (χ1v) is 7.26. The van der Waals surface area contributed by atoms with E-state index >= 15 is 0 Å². The fourth-order valence-electron chi connectivity index (χ4n) is 3.60. The third-order valence-electron chi connectivity index (χ3n) is 4.64. The third kappa shape index (κ3) is 3.01. The van der Waals surface area contributed by atoms with Crippen LogP contribution in [0.3, 0.4) is 0 Å². The van der Waals surface area contributed by atoms with Gasteiger partial charge >= 0.3 is 0 Å². The van der Waals surface area contributed by atoms with Gasteiger partial charge in [0.15, 0.2) is 0 Å². The van der Waals surface area contributed by atoms with E-state index < -0.39 is 0 Å². The van der Waals surface area contributed by atoms with Gasteiger partial charge in [0.2, 0.25) is 0 Å². The lowest BCUT2D eigenvalue weighted by Gasteiger charge is -2.38. The van der Waals surface area contributed by atoms with Gasteiger partial charge in [-0.25, -0.2) is 0 Å². The summed E-state index contributed by atoms with van der Waals surface area (Å²) in [5, 5.41) is 0. The summed E-state index contributed by atoms with van der Waals surface area (Å²) in [5.41, 5.74) is 5.92. The molecule has 2 N–H and O–H groups in total. The molecule has 0 amide bonds. The molecule has 3 nitrogen and oxygen atoms in total. The summed E-state index contributed by atoms with van der Waals surface area (Å²) in [4.78, 5) is 2.70. The first-order chi connectivity index (χ1) is 8.31. The molecule has 0 aromatic heterocycles. The lowest BCUT2D eigenvalue weighted by molar-refractivity contribution is 0.0406. The van der Waals surface area contributed by atoms with Crippen LogP contribution in [0.25, 0.3) is 0 Å². The number of rotatable bonds is 7. The predicted molar refractivity (Wildman–Crippen MR) is 71.0 cm³/mol. The van der Waals surface area contributed by atoms with Crippen LogP contribution < -0.4 is 5.73 Å². The molecule has 100 valence electrons. The van der Waals surface area contributed by atoms with Gasteiger partial charge in [-0.2, -0.15) is 0 Å². The number of hydrogen-bond acceptors (Lipinski definition) is 3. The first-order valence-electron chi connectivity index (χ1n) is 7.26. The minimum atomic E-state index is 0.641. The van der Waals surface area contributed by atoms with Crippen molar-refractivity contribution in [3.63, 3.8) is 0 Å². The highest BCUT2D eigenvalue weighted by atomic mass is 16.5. The summed E-state index contributed by atoms with van der Waals surface area (Å²) in [5.74, 6) is 1.60. The van der Waals surface area contributed by atoms with Crippen molar-refractivity contribution in [3.8, 4) is 0 Å². The fraction of sp³-hybridized carbons (Fsp3) is 1.00. The molecule has 2 saturated carbocycles. The number of nitrogens with two attached hydrogens (primary N) is 1. The van der Waals surface area contributed by atoms with Gasteiger partial charge in [-0.15, -0.1) is 0 Å². The Morgan fingerprint density at radius 1 is 1.29 bits per heavy atom. The molecule has 0 saturated heterocycles. The smallest absolute Gasteiger partial charge is 0.0620 e. The zero-order valence-corrected chi connectivity index (χ0v) is 11.4. The number of hydrogen-bond donors (Lipinski definition) is 1. The fourth-order valence-corrected chi connectivity index (χ4v) is 3.60. The van der Waals surface area contributed by atoms with Crippen LogP contribution in [0.4, 0.5) is 0 Å². The molecule has 0 aliphatic heterocycles. The van der Waals surface area contributed by atoms with Crippen LogP contribution in [0, 0.1) is 11.8 Å². The van der Waals surface area contributed by atoms with E-state index in [4.69, 9.17) is 10.5 Å². The largest absolute Gasteiger partial charge is 0.383 e. The molecule has 2 aliphatic carbocycles. The lowest BCUT2D eigenvalue weighted by atomic mass is 9.99. The van der Waals surface area contributed by atoms with E-state index in [0.29, 0.717) is 18.0 Å². The Bertz CT molecular complexity index is 228. The maximum atomic E-state index is 5.92. The van der Waals surface area contributed by atoms with Crippen LogP contribution in [0.1, 0.15) is 39.0 Å². The Kier molecular flexibility index (Phi) is 4.83. The van der Waals surface area contributed by atoms with Gasteiger partial charge in [0.25, 0.3) is 0 Å². The summed E-state index contributed by atoms with van der Waals surface area (Å²) in [7, 11) is 1.83. The van der Waals surface area contributed by atoms with Gasteiger partial charge < -0.3 is 10.5 Å². The molecule has 2 aliphatic rings. The molecule has 0 bridgehead atoms. The summed E-state index contributed by atoms with van der Waals surface area (Å²) < 4.78 is 5.44. The molecule has 0 radical (unpaired) electrons. The monoisotopic (exact) mass is 240 g/mol. The zero-order valence-electron chi connectivity index (χ0n) is 11.4. The standard InChI is InChI=1S/C14H28N2O/c1-3-16(13-6-4-5-12(13)9-15)14(10-17-2)11-7-8-11/h11-14H,3-10,15H2,1-2H3. The Morgan fingerprint density at radius 2 is 2.06 bits per heavy atom. The maximum absolute atomic E-state index is 5.92. The minimum absolute atomic E-state index is 0.641. The normalized spacial score (nSPS) is 31.1. The quantitative estimate of drug-likeness (QED) is 0.738. The molecule has 3 unspecified atom stereocenters. The minimum Gasteiger partial charge on any atom is -0.383 e. The number of ether oxygens (including phenoxy) is 1. The van der Waals surface area contributed by atoms with Crippen molar-refractivity contribution in [1.29, 1.82) is 0 Å². The van der Waals surface area contributed by atoms with Gasteiger partial charge in [-0.1, -0.05) is 13.3 Å². The zero-order chi connectivity index (χ0) is 12.3. The summed E-state index contributed by atoms with van der Waals surface area (Å²) in [6.07, 6.45) is 6.80. The van der Waals surface area contributed by atoms with Crippen molar-refractivity contribution in [2.75, 3.05) is 26.8 Å². The maximum Gasteiger partial charge on any atom is 0.0620 e. The Hall–Kier alpha value is -0.120. The molecular formula is C14H28N2O. The van der Waals surface area contributed by atoms with Crippen LogP contribution in [0.15, 0.2) is 0 Å². The SMILES string of the molecule is CCN(C1CCCC1CN)C(COC)C1CC1. The molecule has 0 aromatic carbocycles. The van der Waals surface area contributed by atoms with E-state index in [1.165, 1.54) is 32.1 Å². The lowest BCUT2D eigenvalue weighted by Crippen LogP contribution is -2.49. The Balaban J connectivity index is 2.01. The summed E-state index contributed by atoms with van der Waals surface area (Å²) in [6, 6.07) is 1.35. The Morgan fingerprint density at radius 3 is 2.59 bits per heavy atom. The van der Waals surface area contributed by atoms with Gasteiger partial charge in [0.05, 0.1) is 6.61 Å². The van der Waals surface area contributed by atoms with Crippen molar-refractivity contribution in [2.24, 2.45) is 17.6 Å². The van der Waals surface area contributed by atoms with Gasteiger partial charge in [-0.05, 0) is 50.6 Å². The van der Waals surface area contributed by atoms with Crippen LogP contribution in [0.5, 0.6) is 0 Å². The van der Waals surface area contributed by atoms with E-state index in [2.05, 4.69) is 11.8 Å². The summed E-state index contributed by atoms with van der Waals surface area (Å²) >= 11 is 0. The number of methoxy groups -OCH3 is 1. The second-order valence-electron chi connectivity index (χ2n) is 5.68. The highest BCUT2D eigenvalue weighted by Gasteiger charge is 2.40. The van der Waals surface area contributed by atoms with Crippen LogP contribution in [-0.4, -0.2) is 43.8 Å². The summed E-state index contributed by atoms with van der Waals surface area (Å²) in [6.45, 7) is 5.18. The van der Waals surface area contributed by atoms with E-state index in [1.807, 2.05) is 7.11 Å². The van der Waals surface area contributed by atoms with E-state index in [9.17, 15) is 0 Å². The number of nitrogens with zero attached hydrogens (tertiary/aromatic N) is 1. The van der Waals surface area contributed by atoms with Crippen molar-refractivity contribution in [1.82, 2.24) is 4.90 Å². The van der Waals surface area contributed by atoms with Crippen molar-refractivity contribution in [3.05, 3.63) is 0 Å². The van der Waals surface area contributed by atoms with E-state index in [0.717, 1.165) is 25.6 Å². The van der Waals surface area contributed by atoms with Gasteiger partial charge in [-0.3, -0.25) is 4.90 Å². The molecule has 2 rings (SSSR count). The molecule has 0 heterocycles. The van der Waals surface area contributed by atoms with Crippen LogP contribution >= 0.6 is 0 Å². The average Bonchev–Trinajstić information content (AvgIpc) is 3.08. The van der Waals surface area contributed by atoms with Crippen LogP contribution in [0.2, 0.25) is 0 Å². The van der Waals surface area contributed by atoms with Crippen molar-refractivity contribution >= 4 is 0 Å². The third-order valence-corrected chi connectivity index (χ3v) is 4.64. The second-order valence-corrected chi connectivity index (χ2v) is 5.68. The van der Waals surface area contributed by atoms with Gasteiger partial charge in [0, 0.05) is 19.2 Å². The average molecular weight is 240 g/mol. The molecule has 0 spiro atoms. The molecular weight excluding hydrogens is 212 g/mol. The second kappa shape index (κ2) is 6.17. The molecule has 0 aromatic rings. The van der Waals surface area contributed by atoms with E-state index in [1.54, 1.807) is 0 Å². The van der Waals surface area contributed by atoms with E-state index in [-0.39, 0.29) is 0 Å². The molecule has 17 heavy (non-hydrogen) atoms. The Labute approximate surface area is 106 Å². The molecule has 2 fully saturated rings. The van der Waals surface area contributed by atoms with Crippen molar-refractivity contribution < 1.29 is 4.74 Å². The first kappa shape index (κ1) is 13.3. The van der Waals surface area contributed by atoms with Crippen LogP contribution in [-0.2, 0) is 4.74 Å². The molecule has 3 heteroatoms.